The average molecular weight is 260 g/mol. The van der Waals surface area contributed by atoms with Gasteiger partial charge in [-0.2, -0.15) is 5.26 Å². The van der Waals surface area contributed by atoms with Crippen LogP contribution in [0.25, 0.3) is 0 Å². The molecular formula is C13H16N4O2. The minimum Gasteiger partial charge on any atom is -0.465 e. The molecule has 0 spiro atoms. The minimum absolute atomic E-state index is 0.0289. The molecule has 0 saturated carbocycles. The van der Waals surface area contributed by atoms with Gasteiger partial charge >= 0.3 is 6.09 Å². The van der Waals surface area contributed by atoms with Crippen molar-refractivity contribution >= 4 is 11.9 Å². The third-order valence-corrected chi connectivity index (χ3v) is 3.28. The number of carboxylic acid groups (broad SMARTS) is 1. The Hall–Kier alpha value is -2.29. The Labute approximate surface area is 111 Å². The van der Waals surface area contributed by atoms with Crippen molar-refractivity contribution in [3.63, 3.8) is 0 Å². The number of hydrogen-bond acceptors (Lipinski definition) is 4. The lowest BCUT2D eigenvalue weighted by atomic mass is 10.0. The number of piperidine rings is 1. The van der Waals surface area contributed by atoms with Gasteiger partial charge in [-0.15, -0.1) is 0 Å². The first-order valence-electron chi connectivity index (χ1n) is 6.30. The van der Waals surface area contributed by atoms with E-state index in [0.717, 1.165) is 19.3 Å². The summed E-state index contributed by atoms with van der Waals surface area (Å²) in [6, 6.07) is 5.31. The maximum atomic E-state index is 11.1. The van der Waals surface area contributed by atoms with Crippen LogP contribution in [0.5, 0.6) is 0 Å². The Morgan fingerprint density at radius 1 is 1.63 bits per heavy atom. The number of carbonyl (C=O) groups is 1. The summed E-state index contributed by atoms with van der Waals surface area (Å²) in [6.07, 6.45) is 3.52. The number of rotatable bonds is 3. The zero-order chi connectivity index (χ0) is 13.7. The number of aromatic nitrogens is 1. The number of anilines is 1. The Morgan fingerprint density at radius 3 is 3.21 bits per heavy atom. The first kappa shape index (κ1) is 13.1. The van der Waals surface area contributed by atoms with Gasteiger partial charge < -0.3 is 15.3 Å². The van der Waals surface area contributed by atoms with E-state index < -0.39 is 6.09 Å². The van der Waals surface area contributed by atoms with Crippen LogP contribution in [-0.4, -0.2) is 40.2 Å². The van der Waals surface area contributed by atoms with Crippen molar-refractivity contribution in [3.8, 4) is 6.07 Å². The van der Waals surface area contributed by atoms with Gasteiger partial charge in [0.1, 0.15) is 5.82 Å². The molecule has 1 aromatic rings. The van der Waals surface area contributed by atoms with Crippen molar-refractivity contribution in [2.24, 2.45) is 0 Å². The van der Waals surface area contributed by atoms with Crippen LogP contribution >= 0.6 is 0 Å². The Kier molecular flexibility index (Phi) is 4.18. The molecule has 1 saturated heterocycles. The molecule has 2 heterocycles. The summed E-state index contributed by atoms with van der Waals surface area (Å²) >= 11 is 0. The van der Waals surface area contributed by atoms with E-state index in [0.29, 0.717) is 24.5 Å². The summed E-state index contributed by atoms with van der Waals surface area (Å²) in [6.45, 7) is 1.11. The molecule has 19 heavy (non-hydrogen) atoms. The highest BCUT2D eigenvalue weighted by molar-refractivity contribution is 5.65. The second-order valence-electron chi connectivity index (χ2n) is 4.55. The highest BCUT2D eigenvalue weighted by atomic mass is 16.4. The molecule has 1 aliphatic rings. The lowest BCUT2D eigenvalue weighted by molar-refractivity contribution is 0.110. The van der Waals surface area contributed by atoms with E-state index in [2.05, 4.69) is 10.3 Å². The predicted octanol–water partition coefficient (Wildman–Crippen LogP) is 1.90. The second kappa shape index (κ2) is 6.05. The zero-order valence-electron chi connectivity index (χ0n) is 10.5. The molecule has 6 heteroatoms. The van der Waals surface area contributed by atoms with Gasteiger partial charge in [0, 0.05) is 19.3 Å². The third kappa shape index (κ3) is 3.35. The van der Waals surface area contributed by atoms with Gasteiger partial charge in [0.15, 0.2) is 0 Å². The van der Waals surface area contributed by atoms with E-state index in [1.807, 2.05) is 6.07 Å². The van der Waals surface area contributed by atoms with Crippen molar-refractivity contribution in [2.45, 2.75) is 25.3 Å². The molecule has 1 aromatic heterocycles. The van der Waals surface area contributed by atoms with E-state index in [-0.39, 0.29) is 6.04 Å². The van der Waals surface area contributed by atoms with Crippen molar-refractivity contribution in [2.75, 3.05) is 18.4 Å². The largest absolute Gasteiger partial charge is 0.465 e. The first-order valence-corrected chi connectivity index (χ1v) is 6.30. The maximum Gasteiger partial charge on any atom is 0.407 e. The van der Waals surface area contributed by atoms with Crippen LogP contribution in [0.3, 0.4) is 0 Å². The highest BCUT2D eigenvalue weighted by Crippen LogP contribution is 2.17. The van der Waals surface area contributed by atoms with E-state index in [1.54, 1.807) is 18.3 Å². The van der Waals surface area contributed by atoms with Crippen LogP contribution in [0.15, 0.2) is 18.3 Å². The van der Waals surface area contributed by atoms with Crippen LogP contribution in [-0.2, 0) is 0 Å². The van der Waals surface area contributed by atoms with Crippen molar-refractivity contribution in [3.05, 3.63) is 23.9 Å². The zero-order valence-corrected chi connectivity index (χ0v) is 10.5. The van der Waals surface area contributed by atoms with Gasteiger partial charge in [-0.05, 0) is 31.4 Å². The van der Waals surface area contributed by atoms with Gasteiger partial charge in [0.25, 0.3) is 0 Å². The quantitative estimate of drug-likeness (QED) is 0.866. The van der Waals surface area contributed by atoms with Crippen LogP contribution in [0.1, 0.15) is 24.8 Å². The fourth-order valence-electron chi connectivity index (χ4n) is 2.28. The average Bonchev–Trinajstić information content (AvgIpc) is 2.45. The molecule has 1 aliphatic heterocycles. The van der Waals surface area contributed by atoms with E-state index in [1.165, 1.54) is 4.90 Å². The highest BCUT2D eigenvalue weighted by Gasteiger charge is 2.25. The van der Waals surface area contributed by atoms with Gasteiger partial charge in [-0.25, -0.2) is 9.78 Å². The normalized spacial score (nSPS) is 18.7. The number of likely N-dealkylation sites (tertiary alicyclic amines) is 1. The molecule has 0 bridgehead atoms. The molecule has 1 fully saturated rings. The molecular weight excluding hydrogens is 244 g/mol. The number of amides is 1. The number of pyridine rings is 1. The topological polar surface area (TPSA) is 89.3 Å². The molecule has 2 N–H and O–H groups in total. The fraction of sp³-hybridized carbons (Fsp3) is 0.462. The number of nitrogens with zero attached hydrogens (tertiary/aromatic N) is 3. The van der Waals surface area contributed by atoms with Gasteiger partial charge in [0.2, 0.25) is 0 Å². The Bertz CT molecular complexity index is 498. The minimum atomic E-state index is -0.870. The van der Waals surface area contributed by atoms with Crippen molar-refractivity contribution < 1.29 is 9.90 Å². The SMILES string of the molecule is N#Cc1ccnc(NCC2CCCCN2C(=O)O)c1. The van der Waals surface area contributed by atoms with E-state index in [9.17, 15) is 4.79 Å². The molecule has 100 valence electrons. The van der Waals surface area contributed by atoms with Gasteiger partial charge in [0.05, 0.1) is 17.7 Å². The summed E-state index contributed by atoms with van der Waals surface area (Å²) in [7, 11) is 0. The summed E-state index contributed by atoms with van der Waals surface area (Å²) in [5.74, 6) is 0.606. The summed E-state index contributed by atoms with van der Waals surface area (Å²) < 4.78 is 0. The molecule has 0 aromatic carbocycles. The molecule has 0 aliphatic carbocycles. The summed E-state index contributed by atoms with van der Waals surface area (Å²) in [5.41, 5.74) is 0.538. The van der Waals surface area contributed by atoms with Gasteiger partial charge in [-0.1, -0.05) is 0 Å². The fourth-order valence-corrected chi connectivity index (χ4v) is 2.28. The third-order valence-electron chi connectivity index (χ3n) is 3.28. The van der Waals surface area contributed by atoms with Crippen molar-refractivity contribution in [1.29, 1.82) is 5.26 Å². The summed E-state index contributed by atoms with van der Waals surface area (Å²) in [5, 5.41) is 21.0. The monoisotopic (exact) mass is 260 g/mol. The van der Waals surface area contributed by atoms with E-state index >= 15 is 0 Å². The molecule has 1 amide bonds. The predicted molar refractivity (Wildman–Crippen MR) is 69.8 cm³/mol. The standard InChI is InChI=1S/C13H16N4O2/c14-8-10-4-5-15-12(7-10)16-9-11-3-1-2-6-17(11)13(18)19/h4-5,7,11H,1-3,6,9H2,(H,15,16)(H,18,19). The van der Waals surface area contributed by atoms with Gasteiger partial charge in [-0.3, -0.25) is 0 Å². The smallest absolute Gasteiger partial charge is 0.407 e. The molecule has 1 atom stereocenters. The lowest BCUT2D eigenvalue weighted by Crippen LogP contribution is -2.46. The van der Waals surface area contributed by atoms with Crippen LogP contribution in [0, 0.1) is 11.3 Å². The first-order chi connectivity index (χ1) is 9.20. The molecule has 2 rings (SSSR count). The van der Waals surface area contributed by atoms with Crippen molar-refractivity contribution in [1.82, 2.24) is 9.88 Å². The number of nitrogens with one attached hydrogen (secondary N) is 1. The Balaban J connectivity index is 1.96. The molecule has 1 unspecified atom stereocenters. The second-order valence-corrected chi connectivity index (χ2v) is 4.55. The number of hydrogen-bond donors (Lipinski definition) is 2. The molecule has 6 nitrogen and oxygen atoms in total. The van der Waals surface area contributed by atoms with Crippen LogP contribution < -0.4 is 5.32 Å². The Morgan fingerprint density at radius 2 is 2.47 bits per heavy atom. The van der Waals surface area contributed by atoms with Crippen LogP contribution in [0.2, 0.25) is 0 Å². The number of nitriles is 1. The molecule has 0 radical (unpaired) electrons. The summed E-state index contributed by atoms with van der Waals surface area (Å²) in [4.78, 5) is 16.7. The van der Waals surface area contributed by atoms with E-state index in [4.69, 9.17) is 10.4 Å². The maximum absolute atomic E-state index is 11.1. The van der Waals surface area contributed by atoms with Crippen LogP contribution in [0.4, 0.5) is 10.6 Å². The lowest BCUT2D eigenvalue weighted by Gasteiger charge is -2.33.